The van der Waals surface area contributed by atoms with E-state index in [0.717, 1.165) is 30.1 Å². The summed E-state index contributed by atoms with van der Waals surface area (Å²) in [7, 11) is 0. The Morgan fingerprint density at radius 1 is 1.44 bits per heavy atom. The van der Waals surface area contributed by atoms with Gasteiger partial charge in [-0.25, -0.2) is 0 Å². The minimum absolute atomic E-state index is 0.295. The lowest BCUT2D eigenvalue weighted by atomic mass is 10.2. The third-order valence-electron chi connectivity index (χ3n) is 2.42. The van der Waals surface area contributed by atoms with Gasteiger partial charge in [-0.2, -0.15) is 16.9 Å². The van der Waals surface area contributed by atoms with Crippen molar-refractivity contribution in [2.45, 2.75) is 40.2 Å². The van der Waals surface area contributed by atoms with Crippen molar-refractivity contribution < 1.29 is 4.79 Å². The Labute approximate surface area is 102 Å². The molecule has 0 radical (unpaired) electrons. The number of rotatable bonds is 7. The highest BCUT2D eigenvalue weighted by molar-refractivity contribution is 7.99. The van der Waals surface area contributed by atoms with Crippen LogP contribution in [0.15, 0.2) is 6.07 Å². The first-order chi connectivity index (χ1) is 7.71. The highest BCUT2D eigenvalue weighted by Crippen LogP contribution is 2.09. The van der Waals surface area contributed by atoms with Crippen LogP contribution in [0, 0.1) is 0 Å². The second kappa shape index (κ2) is 6.74. The van der Waals surface area contributed by atoms with Gasteiger partial charge >= 0.3 is 0 Å². The molecule has 0 spiro atoms. The van der Waals surface area contributed by atoms with Crippen molar-refractivity contribution in [3.63, 3.8) is 0 Å². The quantitative estimate of drug-likeness (QED) is 0.733. The molecule has 1 aromatic rings. The maximum absolute atomic E-state index is 11.7. The van der Waals surface area contributed by atoms with Crippen LogP contribution in [0.1, 0.15) is 32.2 Å². The van der Waals surface area contributed by atoms with E-state index in [4.69, 9.17) is 0 Å². The van der Waals surface area contributed by atoms with Gasteiger partial charge in [-0.15, -0.1) is 0 Å². The number of carbonyl (C=O) groups excluding carboxylic acids is 1. The molecule has 0 aliphatic rings. The summed E-state index contributed by atoms with van der Waals surface area (Å²) in [4.78, 5) is 11.7. The minimum atomic E-state index is 0.295. The SMILES string of the molecule is CCSCC(=O)Cc1cc(CC)nn1CC. The highest BCUT2D eigenvalue weighted by Gasteiger charge is 2.10. The third kappa shape index (κ3) is 3.67. The minimum Gasteiger partial charge on any atom is -0.298 e. The topological polar surface area (TPSA) is 34.9 Å². The van der Waals surface area contributed by atoms with Gasteiger partial charge in [0, 0.05) is 18.7 Å². The van der Waals surface area contributed by atoms with Gasteiger partial charge in [0.15, 0.2) is 0 Å². The average molecular weight is 240 g/mol. The normalized spacial score (nSPS) is 10.7. The molecular weight excluding hydrogens is 220 g/mol. The molecule has 0 aromatic carbocycles. The first-order valence-corrected chi connectivity index (χ1v) is 7.01. The standard InChI is InChI=1S/C12H20N2OS/c1-4-10-7-11(14(5-2)13-10)8-12(15)9-16-6-3/h7H,4-6,8-9H2,1-3H3. The fraction of sp³-hybridized carbons (Fsp3) is 0.667. The lowest BCUT2D eigenvalue weighted by molar-refractivity contribution is -0.116. The first-order valence-electron chi connectivity index (χ1n) is 5.86. The Hall–Kier alpha value is -0.770. The van der Waals surface area contributed by atoms with Crippen molar-refractivity contribution in [1.82, 2.24) is 9.78 Å². The molecule has 0 amide bonds. The van der Waals surface area contributed by atoms with E-state index in [-0.39, 0.29) is 0 Å². The van der Waals surface area contributed by atoms with Crippen molar-refractivity contribution in [3.05, 3.63) is 17.5 Å². The van der Waals surface area contributed by atoms with E-state index in [0.29, 0.717) is 18.0 Å². The summed E-state index contributed by atoms with van der Waals surface area (Å²) < 4.78 is 1.94. The van der Waals surface area contributed by atoms with Crippen LogP contribution in [0.25, 0.3) is 0 Å². The number of hydrogen-bond donors (Lipinski definition) is 0. The molecule has 3 nitrogen and oxygen atoms in total. The zero-order chi connectivity index (χ0) is 12.0. The van der Waals surface area contributed by atoms with Crippen LogP contribution in [-0.2, 0) is 24.2 Å². The Balaban J connectivity index is 2.64. The second-order valence-electron chi connectivity index (χ2n) is 3.65. The summed E-state index contributed by atoms with van der Waals surface area (Å²) in [5.74, 6) is 1.91. The molecule has 0 bridgehead atoms. The van der Waals surface area contributed by atoms with Gasteiger partial charge < -0.3 is 0 Å². The monoisotopic (exact) mass is 240 g/mol. The van der Waals surface area contributed by atoms with Crippen LogP contribution >= 0.6 is 11.8 Å². The molecule has 0 aliphatic heterocycles. The van der Waals surface area contributed by atoms with Gasteiger partial charge in [-0.1, -0.05) is 13.8 Å². The maximum atomic E-state index is 11.7. The van der Waals surface area contributed by atoms with Crippen LogP contribution in [0.3, 0.4) is 0 Å². The predicted molar refractivity (Wildman–Crippen MR) is 69.0 cm³/mol. The maximum Gasteiger partial charge on any atom is 0.148 e. The summed E-state index contributed by atoms with van der Waals surface area (Å²) in [5.41, 5.74) is 2.13. The molecule has 0 unspecified atom stereocenters. The van der Waals surface area contributed by atoms with E-state index in [1.165, 1.54) is 0 Å². The van der Waals surface area contributed by atoms with Crippen LogP contribution in [0.2, 0.25) is 0 Å². The van der Waals surface area contributed by atoms with Crippen molar-refractivity contribution in [2.75, 3.05) is 11.5 Å². The summed E-state index contributed by atoms with van der Waals surface area (Å²) in [6.07, 6.45) is 1.45. The highest BCUT2D eigenvalue weighted by atomic mass is 32.2. The molecular formula is C12H20N2OS. The molecule has 0 fully saturated rings. The van der Waals surface area contributed by atoms with E-state index < -0.39 is 0 Å². The van der Waals surface area contributed by atoms with Crippen LogP contribution in [0.4, 0.5) is 0 Å². The molecule has 4 heteroatoms. The number of Topliss-reactive ketones (excluding diaryl/α,β-unsaturated/α-hetero) is 1. The molecule has 0 saturated carbocycles. The third-order valence-corrected chi connectivity index (χ3v) is 3.36. The van der Waals surface area contributed by atoms with Gasteiger partial charge in [0.1, 0.15) is 5.78 Å². The average Bonchev–Trinajstić information content (AvgIpc) is 2.68. The van der Waals surface area contributed by atoms with Crippen LogP contribution in [0.5, 0.6) is 0 Å². The largest absolute Gasteiger partial charge is 0.298 e. The van der Waals surface area contributed by atoms with E-state index in [1.54, 1.807) is 11.8 Å². The lowest BCUT2D eigenvalue weighted by Gasteiger charge is -2.03. The zero-order valence-corrected chi connectivity index (χ0v) is 11.1. The van der Waals surface area contributed by atoms with Crippen molar-refractivity contribution in [3.8, 4) is 0 Å². The van der Waals surface area contributed by atoms with E-state index in [9.17, 15) is 4.79 Å². The lowest BCUT2D eigenvalue weighted by Crippen LogP contribution is -2.11. The van der Waals surface area contributed by atoms with Crippen LogP contribution < -0.4 is 0 Å². The van der Waals surface area contributed by atoms with Gasteiger partial charge in [-0.3, -0.25) is 9.48 Å². The van der Waals surface area contributed by atoms with Crippen molar-refractivity contribution in [1.29, 1.82) is 0 Å². The predicted octanol–water partition coefficient (Wildman–Crippen LogP) is 2.33. The molecule has 1 rings (SSSR count). The summed E-state index contributed by atoms with van der Waals surface area (Å²) in [5, 5.41) is 4.44. The number of hydrogen-bond acceptors (Lipinski definition) is 3. The Kier molecular flexibility index (Phi) is 5.60. The number of nitrogens with zero attached hydrogens (tertiary/aromatic N) is 2. The first kappa shape index (κ1) is 13.3. The molecule has 0 aliphatic carbocycles. The summed E-state index contributed by atoms with van der Waals surface area (Å²) >= 11 is 1.68. The van der Waals surface area contributed by atoms with Gasteiger partial charge in [0.2, 0.25) is 0 Å². The molecule has 0 atom stereocenters. The number of carbonyl (C=O) groups is 1. The molecule has 16 heavy (non-hydrogen) atoms. The zero-order valence-electron chi connectivity index (χ0n) is 10.3. The van der Waals surface area contributed by atoms with E-state index >= 15 is 0 Å². The smallest absolute Gasteiger partial charge is 0.148 e. The van der Waals surface area contributed by atoms with E-state index in [1.807, 2.05) is 4.68 Å². The van der Waals surface area contributed by atoms with E-state index in [2.05, 4.69) is 31.9 Å². The van der Waals surface area contributed by atoms with Crippen molar-refractivity contribution in [2.24, 2.45) is 0 Å². The molecule has 0 N–H and O–H groups in total. The Bertz CT molecular complexity index is 347. The number of thioether (sulfide) groups is 1. The molecule has 1 aromatic heterocycles. The fourth-order valence-electron chi connectivity index (χ4n) is 1.57. The number of aromatic nitrogens is 2. The van der Waals surface area contributed by atoms with Gasteiger partial charge in [0.25, 0.3) is 0 Å². The molecule has 90 valence electrons. The van der Waals surface area contributed by atoms with Crippen molar-refractivity contribution >= 4 is 17.5 Å². The fourth-order valence-corrected chi connectivity index (χ4v) is 2.11. The number of ketones is 1. The molecule has 1 heterocycles. The summed E-state index contributed by atoms with van der Waals surface area (Å²) in [6.45, 7) is 7.05. The Morgan fingerprint density at radius 3 is 2.75 bits per heavy atom. The van der Waals surface area contributed by atoms with Crippen LogP contribution in [-0.4, -0.2) is 27.1 Å². The van der Waals surface area contributed by atoms with Gasteiger partial charge in [0.05, 0.1) is 11.4 Å². The number of aryl methyl sites for hydroxylation is 2. The Morgan fingerprint density at radius 2 is 2.19 bits per heavy atom. The van der Waals surface area contributed by atoms with Gasteiger partial charge in [-0.05, 0) is 25.2 Å². The molecule has 0 saturated heterocycles. The summed E-state index contributed by atoms with van der Waals surface area (Å²) in [6, 6.07) is 2.05. The second-order valence-corrected chi connectivity index (χ2v) is 4.92.